The molecule has 0 unspecified atom stereocenters. The van der Waals surface area contributed by atoms with E-state index in [9.17, 15) is 14.7 Å². The Morgan fingerprint density at radius 2 is 1.81 bits per heavy atom. The predicted molar refractivity (Wildman–Crippen MR) is 120 cm³/mol. The Morgan fingerprint density at radius 3 is 2.39 bits per heavy atom. The molecule has 0 aromatic heterocycles. The minimum Gasteiger partial charge on any atom is -0.507 e. The summed E-state index contributed by atoms with van der Waals surface area (Å²) in [5, 5.41) is 11.6. The van der Waals surface area contributed by atoms with Crippen molar-refractivity contribution in [2.24, 2.45) is 0 Å². The highest BCUT2D eigenvalue weighted by molar-refractivity contribution is 6.46. The van der Waals surface area contributed by atoms with Crippen molar-refractivity contribution in [3.63, 3.8) is 0 Å². The normalized spacial score (nSPS) is 22.9. The maximum atomic E-state index is 13.0. The average molecular weight is 441 g/mol. The van der Waals surface area contributed by atoms with Crippen LogP contribution < -0.4 is 4.90 Å². The summed E-state index contributed by atoms with van der Waals surface area (Å²) in [7, 11) is 3.89. The highest BCUT2D eigenvalue weighted by Crippen LogP contribution is 2.40. The Labute approximate surface area is 186 Å². The number of nitrogens with zero attached hydrogens (tertiary/aromatic N) is 2. The first kappa shape index (κ1) is 21.4. The molecule has 2 heterocycles. The summed E-state index contributed by atoms with van der Waals surface area (Å²) in [5.41, 5.74) is 2.29. The van der Waals surface area contributed by atoms with Crippen molar-refractivity contribution >= 4 is 34.7 Å². The molecular formula is C24H25ClN2O4. The molecule has 31 heavy (non-hydrogen) atoms. The van der Waals surface area contributed by atoms with Gasteiger partial charge in [0.15, 0.2) is 0 Å². The highest BCUT2D eigenvalue weighted by Gasteiger charge is 2.47. The van der Waals surface area contributed by atoms with Gasteiger partial charge in [0.1, 0.15) is 5.76 Å². The molecule has 0 bridgehead atoms. The Balaban J connectivity index is 1.80. The lowest BCUT2D eigenvalue weighted by molar-refractivity contribution is -0.140. The third-order valence-corrected chi connectivity index (χ3v) is 6.06. The number of amides is 1. The van der Waals surface area contributed by atoms with Gasteiger partial charge in [-0.2, -0.15) is 0 Å². The summed E-state index contributed by atoms with van der Waals surface area (Å²) in [5.74, 6) is -1.51. The SMILES string of the molecule is CN(C)c1ccc([C@H]2C(=C(O)c3ccc(Cl)cc3)C(=O)C(=O)N2C[C@@H]2CCCO2)cc1. The number of ketones is 1. The van der Waals surface area contributed by atoms with Crippen LogP contribution in [0.1, 0.15) is 30.0 Å². The van der Waals surface area contributed by atoms with Crippen molar-refractivity contribution in [3.05, 3.63) is 70.3 Å². The van der Waals surface area contributed by atoms with Gasteiger partial charge in [0.25, 0.3) is 11.7 Å². The van der Waals surface area contributed by atoms with Gasteiger partial charge in [-0.3, -0.25) is 9.59 Å². The molecule has 4 rings (SSSR count). The molecule has 2 aliphatic heterocycles. The van der Waals surface area contributed by atoms with Crippen LogP contribution in [0.25, 0.3) is 5.76 Å². The fraction of sp³-hybridized carbons (Fsp3) is 0.333. The number of halogens is 1. The molecular weight excluding hydrogens is 416 g/mol. The smallest absolute Gasteiger partial charge is 0.295 e. The number of hydrogen-bond acceptors (Lipinski definition) is 5. The van der Waals surface area contributed by atoms with Gasteiger partial charge in [-0.15, -0.1) is 0 Å². The van der Waals surface area contributed by atoms with E-state index in [1.807, 2.05) is 43.3 Å². The molecule has 0 spiro atoms. The lowest BCUT2D eigenvalue weighted by atomic mass is 9.95. The molecule has 0 saturated carbocycles. The molecule has 0 aliphatic carbocycles. The third kappa shape index (κ3) is 4.18. The molecule has 2 fully saturated rings. The summed E-state index contributed by atoms with van der Waals surface area (Å²) in [6, 6.07) is 13.5. The van der Waals surface area contributed by atoms with E-state index >= 15 is 0 Å². The summed E-state index contributed by atoms with van der Waals surface area (Å²) >= 11 is 5.97. The fourth-order valence-electron chi connectivity index (χ4n) is 4.14. The van der Waals surface area contributed by atoms with E-state index in [1.54, 1.807) is 24.3 Å². The number of aliphatic hydroxyl groups excluding tert-OH is 1. The maximum absolute atomic E-state index is 13.0. The molecule has 1 amide bonds. The second-order valence-corrected chi connectivity index (χ2v) is 8.52. The molecule has 2 aromatic carbocycles. The number of carbonyl (C=O) groups excluding carboxylic acids is 2. The minimum atomic E-state index is -0.688. The summed E-state index contributed by atoms with van der Waals surface area (Å²) < 4.78 is 5.72. The van der Waals surface area contributed by atoms with Crippen molar-refractivity contribution in [1.29, 1.82) is 0 Å². The lowest BCUT2D eigenvalue weighted by Gasteiger charge is -2.28. The second-order valence-electron chi connectivity index (χ2n) is 8.08. The number of hydrogen-bond donors (Lipinski definition) is 1. The Bertz CT molecular complexity index is 1010. The van der Waals surface area contributed by atoms with E-state index < -0.39 is 17.7 Å². The first-order chi connectivity index (χ1) is 14.9. The monoisotopic (exact) mass is 440 g/mol. The predicted octanol–water partition coefficient (Wildman–Crippen LogP) is 4.01. The number of rotatable bonds is 5. The summed E-state index contributed by atoms with van der Waals surface area (Å²) in [6.07, 6.45) is 1.66. The zero-order valence-corrected chi connectivity index (χ0v) is 18.3. The van der Waals surface area contributed by atoms with Crippen molar-refractivity contribution in [2.45, 2.75) is 25.0 Å². The summed E-state index contributed by atoms with van der Waals surface area (Å²) in [4.78, 5) is 29.5. The first-order valence-electron chi connectivity index (χ1n) is 10.3. The number of aliphatic hydroxyl groups is 1. The van der Waals surface area contributed by atoms with Crippen LogP contribution in [-0.4, -0.2) is 55.0 Å². The van der Waals surface area contributed by atoms with Gasteiger partial charge in [0.05, 0.1) is 17.7 Å². The molecule has 2 aromatic rings. The van der Waals surface area contributed by atoms with Crippen LogP contribution in [0.15, 0.2) is 54.1 Å². The maximum Gasteiger partial charge on any atom is 0.295 e. The van der Waals surface area contributed by atoms with Crippen LogP contribution in [0.3, 0.4) is 0 Å². The Hall–Kier alpha value is -2.83. The molecule has 6 nitrogen and oxygen atoms in total. The highest BCUT2D eigenvalue weighted by atomic mass is 35.5. The second kappa shape index (κ2) is 8.73. The molecule has 7 heteroatoms. The van der Waals surface area contributed by atoms with Crippen LogP contribution >= 0.6 is 11.6 Å². The molecule has 2 saturated heterocycles. The van der Waals surface area contributed by atoms with Crippen molar-refractivity contribution < 1.29 is 19.4 Å². The van der Waals surface area contributed by atoms with Gasteiger partial charge in [0.2, 0.25) is 0 Å². The van der Waals surface area contributed by atoms with Crippen LogP contribution in [0.4, 0.5) is 5.69 Å². The average Bonchev–Trinajstić information content (AvgIpc) is 3.36. The number of carbonyl (C=O) groups is 2. The van der Waals surface area contributed by atoms with Crippen molar-refractivity contribution in [3.8, 4) is 0 Å². The zero-order valence-electron chi connectivity index (χ0n) is 17.5. The topological polar surface area (TPSA) is 70.1 Å². The molecule has 1 N–H and O–H groups in total. The lowest BCUT2D eigenvalue weighted by Crippen LogP contribution is -2.36. The fourth-order valence-corrected chi connectivity index (χ4v) is 4.27. The number of ether oxygens (including phenoxy) is 1. The number of likely N-dealkylation sites (tertiary alicyclic amines) is 1. The quantitative estimate of drug-likeness (QED) is 0.432. The molecule has 2 aliphatic rings. The van der Waals surface area contributed by atoms with Gasteiger partial charge in [-0.1, -0.05) is 23.7 Å². The Morgan fingerprint density at radius 1 is 1.13 bits per heavy atom. The van der Waals surface area contributed by atoms with E-state index in [0.717, 1.165) is 24.1 Å². The van der Waals surface area contributed by atoms with E-state index in [-0.39, 0.29) is 17.4 Å². The largest absolute Gasteiger partial charge is 0.507 e. The van der Waals surface area contributed by atoms with E-state index in [0.29, 0.717) is 23.7 Å². The summed E-state index contributed by atoms with van der Waals surface area (Å²) in [6.45, 7) is 0.962. The molecule has 0 radical (unpaired) electrons. The molecule has 162 valence electrons. The Kier molecular flexibility index (Phi) is 6.03. The number of anilines is 1. The van der Waals surface area contributed by atoms with Crippen LogP contribution in [0, 0.1) is 0 Å². The van der Waals surface area contributed by atoms with E-state index in [1.165, 1.54) is 4.90 Å². The number of Topliss-reactive ketones (excluding diaryl/α,β-unsaturated/α-hetero) is 1. The van der Waals surface area contributed by atoms with Crippen molar-refractivity contribution in [2.75, 3.05) is 32.1 Å². The van der Waals surface area contributed by atoms with Crippen LogP contribution in [0.2, 0.25) is 5.02 Å². The number of benzene rings is 2. The van der Waals surface area contributed by atoms with Crippen LogP contribution in [0.5, 0.6) is 0 Å². The standard InChI is InChI=1S/C24H25ClN2O4/c1-26(2)18-11-7-15(8-12-18)21-20(22(28)16-5-9-17(25)10-6-16)23(29)24(30)27(21)14-19-4-3-13-31-19/h5-12,19,21,28H,3-4,13-14H2,1-2H3/t19-,21-/m0/s1. The van der Waals surface area contributed by atoms with Gasteiger partial charge >= 0.3 is 0 Å². The van der Waals surface area contributed by atoms with Crippen LogP contribution in [-0.2, 0) is 14.3 Å². The van der Waals surface area contributed by atoms with Gasteiger partial charge in [-0.05, 0) is 54.8 Å². The zero-order chi connectivity index (χ0) is 22.1. The van der Waals surface area contributed by atoms with Gasteiger partial charge in [-0.25, -0.2) is 0 Å². The van der Waals surface area contributed by atoms with Crippen molar-refractivity contribution in [1.82, 2.24) is 4.90 Å². The van der Waals surface area contributed by atoms with Gasteiger partial charge in [0, 0.05) is 43.5 Å². The van der Waals surface area contributed by atoms with E-state index in [2.05, 4.69) is 0 Å². The minimum absolute atomic E-state index is 0.0860. The third-order valence-electron chi connectivity index (χ3n) is 5.81. The van der Waals surface area contributed by atoms with Gasteiger partial charge < -0.3 is 19.6 Å². The molecule has 2 atom stereocenters. The first-order valence-corrected chi connectivity index (χ1v) is 10.7. The van der Waals surface area contributed by atoms with E-state index in [4.69, 9.17) is 16.3 Å².